The van der Waals surface area contributed by atoms with E-state index < -0.39 is 0 Å². The molecule has 0 aliphatic carbocycles. The smallest absolute Gasteiger partial charge is 0.222 e. The summed E-state index contributed by atoms with van der Waals surface area (Å²) in [5, 5.41) is 14.9. The molecule has 2 heterocycles. The normalized spacial score (nSPS) is 11.7. The van der Waals surface area contributed by atoms with Gasteiger partial charge >= 0.3 is 0 Å². The van der Waals surface area contributed by atoms with E-state index in [0.717, 1.165) is 35.7 Å². The number of aliphatic hydroxyl groups is 1. The lowest BCUT2D eigenvalue weighted by Gasteiger charge is -2.20. The minimum atomic E-state index is 0. The molecule has 0 saturated heterocycles. The number of aromatic nitrogens is 3. The van der Waals surface area contributed by atoms with Crippen LogP contribution in [0.15, 0.2) is 42.7 Å². The molecule has 1 aromatic carbocycles. The molecule has 0 bridgehead atoms. The molecule has 3 aromatic rings. The fourth-order valence-corrected chi connectivity index (χ4v) is 3.04. The van der Waals surface area contributed by atoms with Crippen LogP contribution in [0.3, 0.4) is 0 Å². The number of hydrogen-bond acceptors (Lipinski definition) is 7. The first kappa shape index (κ1) is 22.7. The van der Waals surface area contributed by atoms with Crippen molar-refractivity contribution in [3.05, 3.63) is 48.4 Å². The monoisotopic (exact) mass is 415 g/mol. The second kappa shape index (κ2) is 11.4. The number of aliphatic hydroxyl groups excluding tert-OH is 1. The Morgan fingerprint density at radius 1 is 1.14 bits per heavy atom. The molecule has 2 aromatic heterocycles. The van der Waals surface area contributed by atoms with E-state index in [0.29, 0.717) is 24.6 Å². The zero-order valence-corrected chi connectivity index (χ0v) is 17.6. The van der Waals surface area contributed by atoms with E-state index >= 15 is 0 Å². The minimum Gasteiger partial charge on any atom is -0.482 e. The van der Waals surface area contributed by atoms with E-state index in [1.54, 1.807) is 6.20 Å². The van der Waals surface area contributed by atoms with Crippen molar-refractivity contribution in [2.75, 3.05) is 17.7 Å². The average molecular weight is 416 g/mol. The van der Waals surface area contributed by atoms with Crippen molar-refractivity contribution in [2.45, 2.75) is 45.3 Å². The van der Waals surface area contributed by atoms with Crippen LogP contribution in [0.2, 0.25) is 0 Å². The van der Waals surface area contributed by atoms with Crippen molar-refractivity contribution < 1.29 is 9.84 Å². The van der Waals surface area contributed by atoms with Gasteiger partial charge in [-0.05, 0) is 24.3 Å². The molecule has 0 spiro atoms. The van der Waals surface area contributed by atoms with Crippen molar-refractivity contribution in [3.8, 4) is 5.75 Å². The van der Waals surface area contributed by atoms with Crippen LogP contribution < -0.4 is 15.8 Å². The number of hydrogen-bond donors (Lipinski definition) is 3. The van der Waals surface area contributed by atoms with E-state index in [-0.39, 0.29) is 32.1 Å². The second-order valence-electron chi connectivity index (χ2n) is 6.75. The molecule has 3 rings (SSSR count). The number of nitrogens with zero attached hydrogens (tertiary/aromatic N) is 3. The summed E-state index contributed by atoms with van der Waals surface area (Å²) < 4.78 is 5.94. The number of nitrogens with two attached hydrogens (primary N) is 1. The Labute approximate surface area is 178 Å². The third-order valence-corrected chi connectivity index (χ3v) is 4.56. The van der Waals surface area contributed by atoms with Crippen molar-refractivity contribution >= 4 is 36.0 Å². The molecule has 0 aliphatic heterocycles. The first-order valence-electron chi connectivity index (χ1n) is 9.66. The van der Waals surface area contributed by atoms with Crippen molar-refractivity contribution in [1.82, 2.24) is 15.0 Å². The zero-order valence-electron chi connectivity index (χ0n) is 16.6. The van der Waals surface area contributed by atoms with Crippen LogP contribution in [0, 0.1) is 0 Å². The maximum absolute atomic E-state index is 9.34. The molecule has 0 fully saturated rings. The van der Waals surface area contributed by atoms with Crippen LogP contribution in [-0.4, -0.2) is 32.7 Å². The molecular formula is C21H29N5O2S. The van der Waals surface area contributed by atoms with Gasteiger partial charge in [0.05, 0.1) is 11.9 Å². The van der Waals surface area contributed by atoms with Gasteiger partial charge in [-0.1, -0.05) is 44.0 Å². The Hall–Kier alpha value is -2.58. The molecule has 156 valence electrons. The van der Waals surface area contributed by atoms with Crippen LogP contribution in [0.4, 0.5) is 11.8 Å². The van der Waals surface area contributed by atoms with E-state index in [2.05, 4.69) is 27.2 Å². The highest BCUT2D eigenvalue weighted by molar-refractivity contribution is 7.59. The number of fused-ring (bicyclic) bond motifs is 1. The second-order valence-corrected chi connectivity index (χ2v) is 6.75. The minimum absolute atomic E-state index is 0. The molecule has 0 aliphatic rings. The number of nitrogens with one attached hydrogen (secondary N) is 1. The molecular weight excluding hydrogens is 386 g/mol. The van der Waals surface area contributed by atoms with Crippen molar-refractivity contribution in [3.63, 3.8) is 0 Å². The summed E-state index contributed by atoms with van der Waals surface area (Å²) >= 11 is 0. The number of nitrogen functional groups attached to an aromatic ring is 1. The molecule has 29 heavy (non-hydrogen) atoms. The van der Waals surface area contributed by atoms with Gasteiger partial charge in [-0.3, -0.25) is 4.98 Å². The summed E-state index contributed by atoms with van der Waals surface area (Å²) in [5.74, 6) is 1.24. The third-order valence-electron chi connectivity index (χ3n) is 4.56. The van der Waals surface area contributed by atoms with Crippen LogP contribution in [0.5, 0.6) is 5.75 Å². The number of anilines is 2. The Balaban J connectivity index is 0.00000300. The molecule has 0 radical (unpaired) electrons. The molecule has 4 N–H and O–H groups in total. The van der Waals surface area contributed by atoms with Gasteiger partial charge in [0, 0.05) is 24.2 Å². The lowest BCUT2D eigenvalue weighted by molar-refractivity contribution is 0.275. The van der Waals surface area contributed by atoms with Crippen LogP contribution in [-0.2, 0) is 6.61 Å². The first-order valence-corrected chi connectivity index (χ1v) is 9.66. The van der Waals surface area contributed by atoms with Gasteiger partial charge in [0.25, 0.3) is 0 Å². The fraction of sp³-hybridized carbons (Fsp3) is 0.381. The van der Waals surface area contributed by atoms with E-state index in [1.807, 2.05) is 36.5 Å². The third kappa shape index (κ3) is 6.47. The van der Waals surface area contributed by atoms with Gasteiger partial charge in [-0.15, -0.1) is 0 Å². The maximum atomic E-state index is 9.34. The number of rotatable bonds is 10. The van der Waals surface area contributed by atoms with E-state index in [1.165, 1.54) is 0 Å². The summed E-state index contributed by atoms with van der Waals surface area (Å²) in [6.45, 7) is 2.55. The quantitative estimate of drug-likeness (QED) is 0.464. The Morgan fingerprint density at radius 2 is 1.93 bits per heavy atom. The average Bonchev–Trinajstić information content (AvgIpc) is 2.71. The van der Waals surface area contributed by atoms with Gasteiger partial charge < -0.3 is 20.9 Å². The lowest BCUT2D eigenvalue weighted by Crippen LogP contribution is -2.22. The van der Waals surface area contributed by atoms with Crippen LogP contribution >= 0.6 is 13.5 Å². The summed E-state index contributed by atoms with van der Waals surface area (Å²) in [6.07, 6.45) is 7.14. The SMILES string of the molecule is CCCC[C@@H](CCO)Nc1nc(N)ncc1OCc1cc2ccccc2cn1.S. The number of ether oxygens (including phenoxy) is 1. The van der Waals surface area contributed by atoms with Gasteiger partial charge in [0.1, 0.15) is 6.61 Å². The highest BCUT2D eigenvalue weighted by Gasteiger charge is 2.14. The van der Waals surface area contributed by atoms with Gasteiger partial charge in [0.15, 0.2) is 11.6 Å². The predicted molar refractivity (Wildman–Crippen MR) is 122 cm³/mol. The molecule has 0 saturated carbocycles. The molecule has 0 amide bonds. The number of pyridine rings is 1. The number of unbranched alkanes of at least 4 members (excludes halogenated alkanes) is 1. The van der Waals surface area contributed by atoms with Crippen molar-refractivity contribution in [2.24, 2.45) is 0 Å². The Bertz CT molecular complexity index is 909. The predicted octanol–water partition coefficient (Wildman–Crippen LogP) is 3.65. The summed E-state index contributed by atoms with van der Waals surface area (Å²) in [5.41, 5.74) is 6.59. The Morgan fingerprint density at radius 3 is 2.69 bits per heavy atom. The van der Waals surface area contributed by atoms with Gasteiger partial charge in [0.2, 0.25) is 5.95 Å². The van der Waals surface area contributed by atoms with Gasteiger partial charge in [-0.2, -0.15) is 18.5 Å². The number of benzene rings is 1. The largest absolute Gasteiger partial charge is 0.482 e. The molecule has 7 nitrogen and oxygen atoms in total. The Kier molecular flexibility index (Phi) is 8.95. The van der Waals surface area contributed by atoms with Crippen LogP contribution in [0.1, 0.15) is 38.3 Å². The summed E-state index contributed by atoms with van der Waals surface area (Å²) in [4.78, 5) is 12.8. The molecule has 0 unspecified atom stereocenters. The zero-order chi connectivity index (χ0) is 19.8. The highest BCUT2D eigenvalue weighted by Crippen LogP contribution is 2.25. The van der Waals surface area contributed by atoms with Crippen molar-refractivity contribution in [1.29, 1.82) is 0 Å². The highest BCUT2D eigenvalue weighted by atomic mass is 32.1. The topological polar surface area (TPSA) is 106 Å². The molecule has 1 atom stereocenters. The maximum Gasteiger partial charge on any atom is 0.222 e. The lowest BCUT2D eigenvalue weighted by atomic mass is 10.1. The fourth-order valence-electron chi connectivity index (χ4n) is 3.04. The molecule has 8 heteroatoms. The summed E-state index contributed by atoms with van der Waals surface area (Å²) in [6, 6.07) is 10.2. The summed E-state index contributed by atoms with van der Waals surface area (Å²) in [7, 11) is 0. The van der Waals surface area contributed by atoms with Gasteiger partial charge in [-0.25, -0.2) is 4.98 Å². The van der Waals surface area contributed by atoms with Crippen LogP contribution in [0.25, 0.3) is 10.8 Å². The van der Waals surface area contributed by atoms with E-state index in [9.17, 15) is 5.11 Å². The first-order chi connectivity index (χ1) is 13.7. The van der Waals surface area contributed by atoms with E-state index in [4.69, 9.17) is 10.5 Å². The standard InChI is InChI=1S/C21H27N5O2.H2S/c1-2-3-8-17(9-10-27)25-20-19(13-24-21(22)26-20)28-14-18-11-15-6-4-5-7-16(15)12-23-18;/h4-7,11-13,17,27H,2-3,8-10,14H2,1H3,(H3,22,24,25,26);1H2/t17-;/m0./s1.